The van der Waals surface area contributed by atoms with E-state index < -0.39 is 4.39 Å². The van der Waals surface area contributed by atoms with E-state index in [0.717, 1.165) is 0 Å². The van der Waals surface area contributed by atoms with Crippen molar-refractivity contribution in [3.63, 3.8) is 0 Å². The normalized spacial score (nSPS) is 20.0. The van der Waals surface area contributed by atoms with Crippen LogP contribution < -0.4 is 0 Å². The number of thiol groups is 1. The van der Waals surface area contributed by atoms with Crippen molar-refractivity contribution in [3.8, 4) is 0 Å². The predicted octanol–water partition coefficient (Wildman–Crippen LogP) is 1.21. The van der Waals surface area contributed by atoms with Crippen LogP contribution in [-0.4, -0.2) is 9.50 Å². The SMILES string of the molecule is CCC(O)(S)Cl. The lowest BCUT2D eigenvalue weighted by atomic mass is 10.5. The summed E-state index contributed by atoms with van der Waals surface area (Å²) >= 11 is 8.71. The summed E-state index contributed by atoms with van der Waals surface area (Å²) in [6, 6.07) is 0. The fraction of sp³-hybridized carbons (Fsp3) is 1.00. The van der Waals surface area contributed by atoms with Crippen LogP contribution in [0, 0.1) is 0 Å². The summed E-state index contributed by atoms with van der Waals surface area (Å²) in [5.74, 6) is 0. The maximum absolute atomic E-state index is 8.46. The molecule has 0 aliphatic heterocycles. The molecule has 38 valence electrons. The Labute approximate surface area is 47.7 Å². The van der Waals surface area contributed by atoms with Gasteiger partial charge >= 0.3 is 0 Å². The molecule has 1 unspecified atom stereocenters. The summed E-state index contributed by atoms with van der Waals surface area (Å²) < 4.78 is -1.29. The fourth-order valence-corrected chi connectivity index (χ4v) is 0. The number of hydrogen-bond acceptors (Lipinski definition) is 2. The number of aliphatic hydroxyl groups is 1. The molecule has 0 aromatic rings. The van der Waals surface area contributed by atoms with Crippen LogP contribution in [0.15, 0.2) is 0 Å². The second kappa shape index (κ2) is 2.05. The third-order valence-corrected chi connectivity index (χ3v) is 1.03. The standard InChI is InChI=1S/C3H7ClOS/c1-2-3(4,5)6/h5-6H,2H2,1H3. The van der Waals surface area contributed by atoms with E-state index in [0.29, 0.717) is 6.42 Å². The largest absolute Gasteiger partial charge is 0.366 e. The van der Waals surface area contributed by atoms with Gasteiger partial charge in [-0.15, -0.1) is 12.6 Å². The zero-order valence-corrected chi connectivity index (χ0v) is 5.13. The number of halogens is 1. The van der Waals surface area contributed by atoms with Crippen molar-refractivity contribution in [1.82, 2.24) is 0 Å². The van der Waals surface area contributed by atoms with Gasteiger partial charge in [0, 0.05) is 0 Å². The monoisotopic (exact) mass is 126 g/mol. The summed E-state index contributed by atoms with van der Waals surface area (Å²) in [5.41, 5.74) is 0. The van der Waals surface area contributed by atoms with Gasteiger partial charge in [0.2, 0.25) is 0 Å². The average Bonchev–Trinajstić information content (AvgIpc) is 1.35. The lowest BCUT2D eigenvalue weighted by Gasteiger charge is -2.06. The molecule has 0 aromatic carbocycles. The first-order valence-corrected chi connectivity index (χ1v) is 2.52. The van der Waals surface area contributed by atoms with Gasteiger partial charge in [-0.1, -0.05) is 18.5 Å². The topological polar surface area (TPSA) is 20.2 Å². The Morgan fingerprint density at radius 3 is 2.17 bits per heavy atom. The molecule has 1 atom stereocenters. The lowest BCUT2D eigenvalue weighted by Crippen LogP contribution is -2.07. The van der Waals surface area contributed by atoms with Crippen molar-refractivity contribution in [2.45, 2.75) is 17.7 Å². The Kier molecular flexibility index (Phi) is 2.26. The molecule has 0 aliphatic rings. The quantitative estimate of drug-likeness (QED) is 0.308. The molecule has 0 saturated carbocycles. The van der Waals surface area contributed by atoms with Crippen molar-refractivity contribution in [1.29, 1.82) is 0 Å². The van der Waals surface area contributed by atoms with Gasteiger partial charge in [0.05, 0.1) is 0 Å². The molecule has 6 heavy (non-hydrogen) atoms. The van der Waals surface area contributed by atoms with Crippen molar-refractivity contribution >= 4 is 24.2 Å². The minimum Gasteiger partial charge on any atom is -0.366 e. The Balaban J connectivity index is 3.17. The van der Waals surface area contributed by atoms with Gasteiger partial charge in [0.15, 0.2) is 4.39 Å². The van der Waals surface area contributed by atoms with Gasteiger partial charge in [-0.25, -0.2) is 0 Å². The molecule has 0 saturated heterocycles. The minimum atomic E-state index is -1.29. The van der Waals surface area contributed by atoms with Gasteiger partial charge in [0.25, 0.3) is 0 Å². The highest BCUT2D eigenvalue weighted by atomic mass is 35.5. The van der Waals surface area contributed by atoms with Crippen LogP contribution >= 0.6 is 24.2 Å². The fourth-order valence-electron chi connectivity index (χ4n) is 0. The lowest BCUT2D eigenvalue weighted by molar-refractivity contribution is 0.221. The molecule has 1 nitrogen and oxygen atoms in total. The second-order valence-electron chi connectivity index (χ2n) is 1.07. The molecule has 0 aliphatic carbocycles. The van der Waals surface area contributed by atoms with E-state index in [1.54, 1.807) is 6.92 Å². The zero-order valence-electron chi connectivity index (χ0n) is 3.48. The van der Waals surface area contributed by atoms with E-state index >= 15 is 0 Å². The van der Waals surface area contributed by atoms with Crippen LogP contribution in [0.25, 0.3) is 0 Å². The van der Waals surface area contributed by atoms with Crippen LogP contribution in [0.4, 0.5) is 0 Å². The van der Waals surface area contributed by atoms with Crippen LogP contribution in [-0.2, 0) is 0 Å². The van der Waals surface area contributed by atoms with Gasteiger partial charge in [-0.05, 0) is 6.42 Å². The molecule has 0 bridgehead atoms. The minimum absolute atomic E-state index is 0.456. The Bertz CT molecular complexity index is 40.5. The van der Waals surface area contributed by atoms with Crippen LogP contribution in [0.5, 0.6) is 0 Å². The van der Waals surface area contributed by atoms with E-state index in [1.807, 2.05) is 0 Å². The van der Waals surface area contributed by atoms with Gasteiger partial charge in [-0.3, -0.25) is 0 Å². The second-order valence-corrected chi connectivity index (χ2v) is 2.70. The first-order valence-electron chi connectivity index (χ1n) is 1.70. The summed E-state index contributed by atoms with van der Waals surface area (Å²) in [5, 5.41) is 8.46. The molecular formula is C3H7ClOS. The smallest absolute Gasteiger partial charge is 0.183 e. The number of alkyl halides is 1. The summed E-state index contributed by atoms with van der Waals surface area (Å²) in [6.07, 6.45) is 0.456. The van der Waals surface area contributed by atoms with Crippen LogP contribution in [0.2, 0.25) is 0 Å². The first kappa shape index (κ1) is 6.60. The van der Waals surface area contributed by atoms with Gasteiger partial charge in [-0.2, -0.15) is 0 Å². The number of rotatable bonds is 1. The van der Waals surface area contributed by atoms with E-state index in [-0.39, 0.29) is 0 Å². The van der Waals surface area contributed by atoms with Gasteiger partial charge < -0.3 is 5.11 Å². The van der Waals surface area contributed by atoms with Crippen LogP contribution in [0.3, 0.4) is 0 Å². The molecule has 0 spiro atoms. The molecule has 0 amide bonds. The molecule has 3 heteroatoms. The Hall–Kier alpha value is 0.600. The molecule has 0 aromatic heterocycles. The van der Waals surface area contributed by atoms with E-state index in [4.69, 9.17) is 16.7 Å². The third-order valence-electron chi connectivity index (χ3n) is 0.450. The first-order chi connectivity index (χ1) is 2.56. The number of hydrogen-bond donors (Lipinski definition) is 2. The predicted molar refractivity (Wildman–Crippen MR) is 30.1 cm³/mol. The molecule has 0 heterocycles. The van der Waals surface area contributed by atoms with E-state index in [2.05, 4.69) is 12.6 Å². The van der Waals surface area contributed by atoms with E-state index in [9.17, 15) is 0 Å². The molecular weight excluding hydrogens is 120 g/mol. The molecule has 1 N–H and O–H groups in total. The zero-order chi connectivity index (χ0) is 5.21. The molecule has 0 radical (unpaired) electrons. The maximum atomic E-state index is 8.46. The third kappa shape index (κ3) is 4.60. The molecule has 0 rings (SSSR count). The summed E-state index contributed by atoms with van der Waals surface area (Å²) in [4.78, 5) is 0. The summed E-state index contributed by atoms with van der Waals surface area (Å²) in [6.45, 7) is 1.75. The maximum Gasteiger partial charge on any atom is 0.183 e. The average molecular weight is 127 g/mol. The Morgan fingerprint density at radius 2 is 2.17 bits per heavy atom. The summed E-state index contributed by atoms with van der Waals surface area (Å²) in [7, 11) is 0. The molecule has 0 fully saturated rings. The van der Waals surface area contributed by atoms with Crippen molar-refractivity contribution in [3.05, 3.63) is 0 Å². The highest BCUT2D eigenvalue weighted by Crippen LogP contribution is 2.18. The van der Waals surface area contributed by atoms with Gasteiger partial charge in [0.1, 0.15) is 0 Å². The van der Waals surface area contributed by atoms with Crippen molar-refractivity contribution < 1.29 is 5.11 Å². The Morgan fingerprint density at radius 1 is 2.00 bits per heavy atom. The van der Waals surface area contributed by atoms with E-state index in [1.165, 1.54) is 0 Å². The van der Waals surface area contributed by atoms with Crippen molar-refractivity contribution in [2.75, 3.05) is 0 Å². The van der Waals surface area contributed by atoms with Crippen LogP contribution in [0.1, 0.15) is 13.3 Å². The highest BCUT2D eigenvalue weighted by Gasteiger charge is 2.10. The van der Waals surface area contributed by atoms with Crippen molar-refractivity contribution in [2.24, 2.45) is 0 Å². The highest BCUT2D eigenvalue weighted by molar-refractivity contribution is 7.83.